The summed E-state index contributed by atoms with van der Waals surface area (Å²) in [5.74, 6) is 0. The lowest BCUT2D eigenvalue weighted by Gasteiger charge is -2.32. The summed E-state index contributed by atoms with van der Waals surface area (Å²) in [6.45, 7) is 13.2. The third kappa shape index (κ3) is 6.60. The minimum absolute atomic E-state index is 0.116. The van der Waals surface area contributed by atoms with E-state index in [-0.39, 0.29) is 5.54 Å². The Kier molecular flexibility index (Phi) is 8.83. The van der Waals surface area contributed by atoms with Crippen LogP contribution in [-0.4, -0.2) is 0 Å². The molecule has 5 aromatic rings. The van der Waals surface area contributed by atoms with E-state index in [1.165, 1.54) is 61.7 Å². The molecule has 5 aromatic carbocycles. The van der Waals surface area contributed by atoms with E-state index in [1.807, 2.05) is 0 Å². The number of hydrogen-bond acceptors (Lipinski definition) is 2. The molecule has 0 aliphatic carbocycles. The third-order valence-electron chi connectivity index (χ3n) is 8.60. The fourth-order valence-electron chi connectivity index (χ4n) is 5.82. The molecule has 0 saturated heterocycles. The smallest absolute Gasteiger partial charge is 0.0594 e. The van der Waals surface area contributed by atoms with Crippen LogP contribution in [0.4, 0.5) is 22.7 Å². The molecule has 0 aliphatic rings. The van der Waals surface area contributed by atoms with Gasteiger partial charge in [0.1, 0.15) is 0 Å². The largest absolute Gasteiger partial charge is 0.376 e. The molecule has 1 unspecified atom stereocenters. The molecule has 1 atom stereocenters. The molecule has 214 valence electrons. The van der Waals surface area contributed by atoms with Gasteiger partial charge in [0.2, 0.25) is 0 Å². The lowest BCUT2D eigenvalue weighted by Crippen LogP contribution is -2.31. The maximum absolute atomic E-state index is 3.83. The van der Waals surface area contributed by atoms with Gasteiger partial charge in [-0.3, -0.25) is 0 Å². The first-order valence-corrected chi connectivity index (χ1v) is 15.2. The SMILES string of the molecule is CCC(C)(Nc1ccc(C)cc1C)c1ccc(CCc2ccc(N(c3ccccc3)c3ccc(C)cc3C)cc2)cc1. The van der Waals surface area contributed by atoms with Crippen molar-refractivity contribution < 1.29 is 0 Å². The van der Waals surface area contributed by atoms with Crippen LogP contribution >= 0.6 is 0 Å². The van der Waals surface area contributed by atoms with Crippen molar-refractivity contribution in [1.82, 2.24) is 0 Å². The minimum atomic E-state index is -0.116. The van der Waals surface area contributed by atoms with Gasteiger partial charge in [0, 0.05) is 22.7 Å². The van der Waals surface area contributed by atoms with Crippen LogP contribution in [0, 0.1) is 27.7 Å². The van der Waals surface area contributed by atoms with Gasteiger partial charge >= 0.3 is 0 Å². The molecule has 0 aromatic heterocycles. The predicted octanol–water partition coefficient (Wildman–Crippen LogP) is 10.9. The fraction of sp³-hybridized carbons (Fsp3) is 0.250. The van der Waals surface area contributed by atoms with E-state index in [0.717, 1.165) is 19.3 Å². The van der Waals surface area contributed by atoms with Gasteiger partial charge in [0.25, 0.3) is 0 Å². The molecule has 42 heavy (non-hydrogen) atoms. The molecule has 0 amide bonds. The monoisotopic (exact) mass is 552 g/mol. The van der Waals surface area contributed by atoms with Gasteiger partial charge in [-0.15, -0.1) is 0 Å². The van der Waals surface area contributed by atoms with Crippen molar-refractivity contribution in [3.05, 3.63) is 154 Å². The van der Waals surface area contributed by atoms with Crippen LogP contribution in [0.3, 0.4) is 0 Å². The van der Waals surface area contributed by atoms with Crippen LogP contribution in [0.1, 0.15) is 59.2 Å². The summed E-state index contributed by atoms with van der Waals surface area (Å²) in [5, 5.41) is 3.83. The molecule has 0 heterocycles. The Morgan fingerprint density at radius 3 is 1.71 bits per heavy atom. The highest BCUT2D eigenvalue weighted by Crippen LogP contribution is 2.37. The van der Waals surface area contributed by atoms with Gasteiger partial charge in [-0.05, 0) is 118 Å². The highest BCUT2D eigenvalue weighted by Gasteiger charge is 2.25. The lowest BCUT2D eigenvalue weighted by molar-refractivity contribution is 0.523. The normalized spacial score (nSPS) is 12.5. The van der Waals surface area contributed by atoms with Crippen molar-refractivity contribution in [2.75, 3.05) is 10.2 Å². The van der Waals surface area contributed by atoms with E-state index >= 15 is 0 Å². The molecule has 0 fully saturated rings. The maximum atomic E-state index is 3.83. The summed E-state index contributed by atoms with van der Waals surface area (Å²) in [6.07, 6.45) is 3.04. The zero-order valence-corrected chi connectivity index (χ0v) is 26.0. The van der Waals surface area contributed by atoms with E-state index in [1.54, 1.807) is 0 Å². The number of anilines is 4. The molecule has 2 heteroatoms. The summed E-state index contributed by atoms with van der Waals surface area (Å²) in [6, 6.07) is 42.3. The lowest BCUT2D eigenvalue weighted by atomic mass is 9.87. The van der Waals surface area contributed by atoms with Crippen LogP contribution in [0.15, 0.2) is 115 Å². The maximum Gasteiger partial charge on any atom is 0.0594 e. The van der Waals surface area contributed by atoms with Gasteiger partial charge in [-0.2, -0.15) is 0 Å². The number of hydrogen-bond donors (Lipinski definition) is 1. The highest BCUT2D eigenvalue weighted by atomic mass is 15.1. The molecule has 2 nitrogen and oxygen atoms in total. The number of para-hydroxylation sites is 1. The second-order valence-electron chi connectivity index (χ2n) is 12.0. The van der Waals surface area contributed by atoms with E-state index in [4.69, 9.17) is 0 Å². The van der Waals surface area contributed by atoms with E-state index in [2.05, 4.69) is 167 Å². The van der Waals surface area contributed by atoms with Crippen LogP contribution in [0.5, 0.6) is 0 Å². The van der Waals surface area contributed by atoms with Crippen LogP contribution in [-0.2, 0) is 18.4 Å². The first kappa shape index (κ1) is 29.2. The number of rotatable bonds is 10. The van der Waals surface area contributed by atoms with Crippen LogP contribution < -0.4 is 10.2 Å². The van der Waals surface area contributed by atoms with Gasteiger partial charge in [-0.1, -0.05) is 96.9 Å². The minimum Gasteiger partial charge on any atom is -0.376 e. The number of nitrogens with one attached hydrogen (secondary N) is 1. The Hall–Kier alpha value is -4.30. The predicted molar refractivity (Wildman–Crippen MR) is 182 cm³/mol. The highest BCUT2D eigenvalue weighted by molar-refractivity contribution is 5.78. The van der Waals surface area contributed by atoms with Crippen molar-refractivity contribution in [2.24, 2.45) is 0 Å². The number of aryl methyl sites for hydroxylation is 6. The summed E-state index contributed by atoms with van der Waals surface area (Å²) in [7, 11) is 0. The zero-order valence-electron chi connectivity index (χ0n) is 26.0. The first-order valence-electron chi connectivity index (χ1n) is 15.2. The molecule has 0 aliphatic heterocycles. The molecule has 1 N–H and O–H groups in total. The summed E-state index contributed by atoms with van der Waals surface area (Å²) in [5.41, 5.74) is 13.8. The fourth-order valence-corrected chi connectivity index (χ4v) is 5.82. The van der Waals surface area contributed by atoms with Crippen molar-refractivity contribution in [2.45, 2.75) is 66.3 Å². The standard InChI is InChI=1S/C40H44N2/c1-7-40(6,41-38-25-13-29(2)27-31(38)4)35-21-17-33(18-22-35)15-16-34-19-23-37(24-20-34)42(36-11-9-8-10-12-36)39-26-14-30(3)28-32(39)5/h8-14,17-28,41H,7,15-16H2,1-6H3. The molecule has 0 bridgehead atoms. The molecule has 0 saturated carbocycles. The van der Waals surface area contributed by atoms with Crippen molar-refractivity contribution in [3.8, 4) is 0 Å². The molecular weight excluding hydrogens is 508 g/mol. The third-order valence-corrected chi connectivity index (χ3v) is 8.60. The van der Waals surface area contributed by atoms with Crippen molar-refractivity contribution >= 4 is 22.7 Å². The quantitative estimate of drug-likeness (QED) is 0.185. The van der Waals surface area contributed by atoms with Gasteiger partial charge in [0.05, 0.1) is 5.54 Å². The Labute approximate surface area is 253 Å². The first-order chi connectivity index (χ1) is 20.3. The van der Waals surface area contributed by atoms with Crippen LogP contribution in [0.2, 0.25) is 0 Å². The summed E-state index contributed by atoms with van der Waals surface area (Å²) >= 11 is 0. The topological polar surface area (TPSA) is 15.3 Å². The van der Waals surface area contributed by atoms with Gasteiger partial charge in [-0.25, -0.2) is 0 Å². The summed E-state index contributed by atoms with van der Waals surface area (Å²) in [4.78, 5) is 2.36. The van der Waals surface area contributed by atoms with Crippen molar-refractivity contribution in [1.29, 1.82) is 0 Å². The van der Waals surface area contributed by atoms with E-state index in [0.29, 0.717) is 0 Å². The second kappa shape index (κ2) is 12.7. The number of nitrogens with zero attached hydrogens (tertiary/aromatic N) is 1. The van der Waals surface area contributed by atoms with Crippen LogP contribution in [0.25, 0.3) is 0 Å². The summed E-state index contributed by atoms with van der Waals surface area (Å²) < 4.78 is 0. The average molecular weight is 553 g/mol. The molecular formula is C40H44N2. The Morgan fingerprint density at radius 2 is 1.14 bits per heavy atom. The Balaban J connectivity index is 1.29. The van der Waals surface area contributed by atoms with E-state index in [9.17, 15) is 0 Å². The van der Waals surface area contributed by atoms with E-state index < -0.39 is 0 Å². The Morgan fingerprint density at radius 1 is 0.595 bits per heavy atom. The molecule has 0 spiro atoms. The number of benzene rings is 5. The molecule has 5 rings (SSSR count). The van der Waals surface area contributed by atoms with Gasteiger partial charge < -0.3 is 10.2 Å². The average Bonchev–Trinajstić information content (AvgIpc) is 3.00. The second-order valence-corrected chi connectivity index (χ2v) is 12.0. The molecule has 0 radical (unpaired) electrons. The zero-order chi connectivity index (χ0) is 29.7. The van der Waals surface area contributed by atoms with Gasteiger partial charge in [0.15, 0.2) is 0 Å². The Bertz CT molecular complexity index is 1620. The van der Waals surface area contributed by atoms with Crippen molar-refractivity contribution in [3.63, 3.8) is 0 Å².